The number of hydrogen-bond donors (Lipinski definition) is 0. The number of hydrogen-bond acceptors (Lipinski definition) is 5. The third kappa shape index (κ3) is 3.51. The van der Waals surface area contributed by atoms with Gasteiger partial charge in [-0.15, -0.1) is 0 Å². The number of rotatable bonds is 1. The zero-order valence-corrected chi connectivity index (χ0v) is 14.3. The van der Waals surface area contributed by atoms with Crippen molar-refractivity contribution in [2.24, 2.45) is 5.92 Å². The highest BCUT2D eigenvalue weighted by Gasteiger charge is 2.45. The Balaban J connectivity index is 1.87. The molecule has 1 fully saturated rings. The summed E-state index contributed by atoms with van der Waals surface area (Å²) in [5, 5.41) is 0. The summed E-state index contributed by atoms with van der Waals surface area (Å²) in [4.78, 5) is 36.7. The van der Waals surface area contributed by atoms with Crippen LogP contribution < -0.4 is 0 Å². The largest absolute Gasteiger partial charge is 0.455 e. The van der Waals surface area contributed by atoms with Crippen molar-refractivity contribution in [2.45, 2.75) is 70.2 Å². The smallest absolute Gasteiger partial charge is 0.334 e. The van der Waals surface area contributed by atoms with Gasteiger partial charge in [-0.1, -0.05) is 12.2 Å². The zero-order valence-electron chi connectivity index (χ0n) is 14.3. The van der Waals surface area contributed by atoms with Crippen molar-refractivity contribution in [3.63, 3.8) is 0 Å². The van der Waals surface area contributed by atoms with E-state index >= 15 is 0 Å². The van der Waals surface area contributed by atoms with Crippen LogP contribution in [0, 0.1) is 5.92 Å². The first-order valence-corrected chi connectivity index (χ1v) is 8.55. The van der Waals surface area contributed by atoms with Gasteiger partial charge in [0.05, 0.1) is 5.60 Å². The zero-order chi connectivity index (χ0) is 17.5. The van der Waals surface area contributed by atoms with Crippen LogP contribution in [-0.4, -0.2) is 35.3 Å². The summed E-state index contributed by atoms with van der Waals surface area (Å²) in [5.74, 6) is -0.308. The maximum absolute atomic E-state index is 12.4. The van der Waals surface area contributed by atoms with Gasteiger partial charge in [0.25, 0.3) is 0 Å². The molecule has 130 valence electrons. The molecule has 5 heteroatoms. The van der Waals surface area contributed by atoms with Crippen molar-refractivity contribution in [3.05, 3.63) is 23.8 Å². The first kappa shape index (κ1) is 17.1. The molecule has 0 unspecified atom stereocenters. The first-order chi connectivity index (χ1) is 11.3. The van der Waals surface area contributed by atoms with Crippen LogP contribution >= 0.6 is 0 Å². The van der Waals surface area contributed by atoms with Gasteiger partial charge < -0.3 is 9.47 Å². The highest BCUT2D eigenvalue weighted by molar-refractivity contribution is 5.92. The second kappa shape index (κ2) is 6.28. The lowest BCUT2D eigenvalue weighted by Gasteiger charge is -2.26. The van der Waals surface area contributed by atoms with Crippen LogP contribution in [0.1, 0.15) is 52.4 Å². The molecule has 3 aliphatic rings. The van der Waals surface area contributed by atoms with E-state index in [1.807, 2.05) is 19.9 Å². The number of Topliss-reactive ketones (excluding diaryl/α,β-unsaturated/α-hetero) is 2. The normalized spacial score (nSPS) is 37.2. The van der Waals surface area contributed by atoms with Gasteiger partial charge in [-0.25, -0.2) is 4.79 Å². The lowest BCUT2D eigenvalue weighted by Crippen LogP contribution is -2.31. The molecule has 24 heavy (non-hydrogen) atoms. The Hall–Kier alpha value is -1.75. The van der Waals surface area contributed by atoms with Gasteiger partial charge in [0, 0.05) is 31.3 Å². The number of ketones is 2. The van der Waals surface area contributed by atoms with Crippen molar-refractivity contribution in [2.75, 3.05) is 0 Å². The van der Waals surface area contributed by atoms with E-state index in [2.05, 4.69) is 6.58 Å². The Bertz CT molecular complexity index is 632. The predicted octanol–water partition coefficient (Wildman–Crippen LogP) is 2.68. The third-order valence-electron chi connectivity index (χ3n) is 5.22. The average Bonchev–Trinajstić information content (AvgIpc) is 2.93. The molecule has 0 aromatic carbocycles. The number of carbonyl (C=O) groups is 3. The number of fused-ring (bicyclic) bond motifs is 3. The molecule has 3 rings (SSSR count). The molecule has 0 amide bonds. The van der Waals surface area contributed by atoms with Crippen LogP contribution in [0.2, 0.25) is 0 Å². The molecule has 1 saturated heterocycles. The molecule has 0 aromatic heterocycles. The van der Waals surface area contributed by atoms with E-state index in [0.29, 0.717) is 31.3 Å². The van der Waals surface area contributed by atoms with E-state index < -0.39 is 11.7 Å². The molecule has 0 radical (unpaired) electrons. The number of esters is 1. The van der Waals surface area contributed by atoms with Crippen LogP contribution in [0.25, 0.3) is 0 Å². The van der Waals surface area contributed by atoms with Gasteiger partial charge in [-0.2, -0.15) is 0 Å². The molecule has 4 atom stereocenters. The molecule has 5 nitrogen and oxygen atoms in total. The summed E-state index contributed by atoms with van der Waals surface area (Å²) in [6, 6.07) is 0. The maximum atomic E-state index is 12.4. The SMILES string of the molecule is C=C(C)[C@H]1CCC2=C[C@H](C[C@]3(C)CC(=O)[C@@H](CC(=O)C1)O3)OC2=O. The van der Waals surface area contributed by atoms with Crippen LogP contribution in [-0.2, 0) is 23.9 Å². The van der Waals surface area contributed by atoms with Gasteiger partial charge in [0.15, 0.2) is 5.78 Å². The van der Waals surface area contributed by atoms with Crippen molar-refractivity contribution in [1.82, 2.24) is 0 Å². The molecule has 3 heterocycles. The lowest BCUT2D eigenvalue weighted by molar-refractivity contribution is -0.143. The quantitative estimate of drug-likeness (QED) is 0.545. The molecular weight excluding hydrogens is 308 g/mol. The molecule has 0 spiro atoms. The van der Waals surface area contributed by atoms with Gasteiger partial charge >= 0.3 is 5.97 Å². The highest BCUT2D eigenvalue weighted by atomic mass is 16.6. The Morgan fingerprint density at radius 1 is 1.29 bits per heavy atom. The summed E-state index contributed by atoms with van der Waals surface area (Å²) in [6.07, 6.45) is 3.26. The van der Waals surface area contributed by atoms with Crippen molar-refractivity contribution < 1.29 is 23.9 Å². The van der Waals surface area contributed by atoms with Gasteiger partial charge in [-0.3, -0.25) is 9.59 Å². The molecule has 0 saturated carbocycles. The van der Waals surface area contributed by atoms with E-state index in [0.717, 1.165) is 5.57 Å². The summed E-state index contributed by atoms with van der Waals surface area (Å²) in [5.41, 5.74) is 0.897. The van der Waals surface area contributed by atoms with Gasteiger partial charge in [0.1, 0.15) is 18.0 Å². The summed E-state index contributed by atoms with van der Waals surface area (Å²) < 4.78 is 11.3. The Morgan fingerprint density at radius 3 is 2.75 bits per heavy atom. The Morgan fingerprint density at radius 2 is 2.04 bits per heavy atom. The number of carbonyl (C=O) groups excluding carboxylic acids is 3. The molecule has 0 aromatic rings. The molecular formula is C19H24O5. The molecule has 0 aliphatic carbocycles. The number of allylic oxidation sites excluding steroid dienone is 1. The minimum Gasteiger partial charge on any atom is -0.455 e. The maximum Gasteiger partial charge on any atom is 0.334 e. The van der Waals surface area contributed by atoms with Crippen molar-refractivity contribution in [1.29, 1.82) is 0 Å². The topological polar surface area (TPSA) is 69.7 Å². The fraction of sp³-hybridized carbons (Fsp3) is 0.632. The van der Waals surface area contributed by atoms with Crippen LogP contribution in [0.3, 0.4) is 0 Å². The highest BCUT2D eigenvalue weighted by Crippen LogP contribution is 2.37. The van der Waals surface area contributed by atoms with E-state index in [9.17, 15) is 14.4 Å². The minimum atomic E-state index is -0.680. The number of ether oxygens (including phenoxy) is 2. The fourth-order valence-electron chi connectivity index (χ4n) is 3.88. The second-order valence-electron chi connectivity index (χ2n) is 7.57. The van der Waals surface area contributed by atoms with Crippen LogP contribution in [0.15, 0.2) is 23.8 Å². The predicted molar refractivity (Wildman–Crippen MR) is 87.3 cm³/mol. The minimum absolute atomic E-state index is 0.00823. The van der Waals surface area contributed by atoms with E-state index in [4.69, 9.17) is 9.47 Å². The summed E-state index contributed by atoms with van der Waals surface area (Å²) in [6.45, 7) is 7.72. The van der Waals surface area contributed by atoms with Gasteiger partial charge in [-0.05, 0) is 38.7 Å². The monoisotopic (exact) mass is 332 g/mol. The summed E-state index contributed by atoms with van der Waals surface area (Å²) in [7, 11) is 0. The van der Waals surface area contributed by atoms with E-state index in [1.54, 1.807) is 0 Å². The fourth-order valence-corrected chi connectivity index (χ4v) is 3.88. The molecule has 4 bridgehead atoms. The lowest BCUT2D eigenvalue weighted by atomic mass is 9.87. The van der Waals surface area contributed by atoms with Crippen LogP contribution in [0.4, 0.5) is 0 Å². The average molecular weight is 332 g/mol. The molecule has 3 aliphatic heterocycles. The van der Waals surface area contributed by atoms with Crippen molar-refractivity contribution >= 4 is 17.5 Å². The standard InChI is InChI=1S/C19H24O5/c1-11(2)12-4-5-13-7-15(23-18(13)22)9-19(3)10-16(21)17(24-19)8-14(20)6-12/h7,12,15,17H,1,4-6,8-10H2,2-3H3/t12-,15+,17+,19+/m0/s1. The second-order valence-corrected chi connectivity index (χ2v) is 7.57. The first-order valence-electron chi connectivity index (χ1n) is 8.55. The Labute approximate surface area is 142 Å². The van der Waals surface area contributed by atoms with E-state index in [1.165, 1.54) is 0 Å². The Kier molecular flexibility index (Phi) is 4.47. The van der Waals surface area contributed by atoms with Crippen LogP contribution in [0.5, 0.6) is 0 Å². The molecule has 0 N–H and O–H groups in total. The van der Waals surface area contributed by atoms with Gasteiger partial charge in [0.2, 0.25) is 0 Å². The third-order valence-corrected chi connectivity index (χ3v) is 5.22. The summed E-state index contributed by atoms with van der Waals surface area (Å²) >= 11 is 0. The van der Waals surface area contributed by atoms with E-state index in [-0.39, 0.29) is 42.4 Å². The van der Waals surface area contributed by atoms with Crippen molar-refractivity contribution in [3.8, 4) is 0 Å².